The summed E-state index contributed by atoms with van der Waals surface area (Å²) in [4.78, 5) is 72.0. The number of hydrogen-bond acceptors (Lipinski definition) is 9. The minimum absolute atomic E-state index is 0.0753. The molecule has 2 aromatic rings. The molecule has 0 saturated carbocycles. The maximum atomic E-state index is 13.2. The van der Waals surface area contributed by atoms with E-state index in [2.05, 4.69) is 27.8 Å². The quantitative estimate of drug-likeness (QED) is 0.0400. The van der Waals surface area contributed by atoms with E-state index >= 15 is 0 Å². The molecule has 6 N–H and O–H groups in total. The Hall–Kier alpha value is -5.47. The SMILES string of the molecule is C=CCCCC(=O)N[C@H](C(=O)N[C@@H](CCCNC(N)=O)C(=O)Nc1ccc(COC(=O)Oc2ccc([N+](=O)[O-])cc2)cc1)C(C)C. The lowest BCUT2D eigenvalue weighted by Crippen LogP contribution is -2.54. The molecular weight excluding hydrogens is 600 g/mol. The van der Waals surface area contributed by atoms with Crippen molar-refractivity contribution in [3.63, 3.8) is 0 Å². The fourth-order valence-electron chi connectivity index (χ4n) is 4.05. The highest BCUT2D eigenvalue weighted by Gasteiger charge is 2.28. The van der Waals surface area contributed by atoms with Crippen LogP contribution in [-0.2, 0) is 25.7 Å². The van der Waals surface area contributed by atoms with E-state index in [1.54, 1.807) is 44.2 Å². The molecule has 5 amide bonds. The Balaban J connectivity index is 1.99. The summed E-state index contributed by atoms with van der Waals surface area (Å²) < 4.78 is 10.1. The van der Waals surface area contributed by atoms with Crippen molar-refractivity contribution in [2.75, 3.05) is 11.9 Å². The molecule has 0 radical (unpaired) electrons. The largest absolute Gasteiger partial charge is 0.514 e. The second-order valence-corrected chi connectivity index (χ2v) is 10.5. The third-order valence-electron chi connectivity index (χ3n) is 6.51. The highest BCUT2D eigenvalue weighted by atomic mass is 16.7. The molecule has 2 atom stereocenters. The molecule has 2 rings (SSSR count). The lowest BCUT2D eigenvalue weighted by Gasteiger charge is -2.25. The van der Waals surface area contributed by atoms with Crippen LogP contribution in [0.4, 0.5) is 21.0 Å². The summed E-state index contributed by atoms with van der Waals surface area (Å²) in [6.45, 7) is 7.22. The molecule has 0 aliphatic carbocycles. The number of nitro groups is 1. The molecule has 15 heteroatoms. The number of nitrogens with one attached hydrogen (secondary N) is 4. The molecule has 2 aromatic carbocycles. The molecule has 0 saturated heterocycles. The van der Waals surface area contributed by atoms with Gasteiger partial charge in [-0.3, -0.25) is 24.5 Å². The third-order valence-corrected chi connectivity index (χ3v) is 6.51. The first-order valence-corrected chi connectivity index (χ1v) is 14.6. The summed E-state index contributed by atoms with van der Waals surface area (Å²) in [6.07, 6.45) is 2.68. The number of nitrogens with zero attached hydrogens (tertiary/aromatic N) is 1. The number of carbonyl (C=O) groups is 5. The standard InChI is InChI=1S/C31H40N6O9/c1-4-5-6-9-26(38)36-27(20(2)3)29(40)35-25(8-7-18-33-30(32)41)28(39)34-22-12-10-21(11-13-22)19-45-31(42)46-24-16-14-23(15-17-24)37(43)44/h4,10-17,20,25,27H,1,5-9,18-19H2,2-3H3,(H,34,39)(H,35,40)(H,36,38)(H3,32,33,41)/t25-,27-/m0/s1. The number of ether oxygens (including phenoxy) is 2. The molecule has 0 heterocycles. The van der Waals surface area contributed by atoms with E-state index in [4.69, 9.17) is 15.2 Å². The number of anilines is 1. The lowest BCUT2D eigenvalue weighted by molar-refractivity contribution is -0.384. The number of nitrogens with two attached hydrogens (primary N) is 1. The maximum Gasteiger partial charge on any atom is 0.514 e. The first-order chi connectivity index (χ1) is 21.9. The van der Waals surface area contributed by atoms with Gasteiger partial charge in [-0.2, -0.15) is 0 Å². The Morgan fingerprint density at radius 1 is 0.978 bits per heavy atom. The zero-order valence-corrected chi connectivity index (χ0v) is 25.8. The smallest absolute Gasteiger partial charge is 0.429 e. The number of unbranched alkanes of at least 4 members (excludes halogenated alkanes) is 1. The summed E-state index contributed by atoms with van der Waals surface area (Å²) in [5.74, 6) is -1.52. The molecule has 0 aromatic heterocycles. The maximum absolute atomic E-state index is 13.2. The summed E-state index contributed by atoms with van der Waals surface area (Å²) in [5, 5.41) is 21.4. The van der Waals surface area contributed by atoms with Gasteiger partial charge in [-0.05, 0) is 61.4 Å². The fraction of sp³-hybridized carbons (Fsp3) is 0.387. The number of urea groups is 1. The van der Waals surface area contributed by atoms with Gasteiger partial charge in [0, 0.05) is 30.8 Å². The van der Waals surface area contributed by atoms with E-state index in [0.717, 1.165) is 0 Å². The Bertz CT molecular complexity index is 1360. The van der Waals surface area contributed by atoms with Crippen LogP contribution in [0.3, 0.4) is 0 Å². The van der Waals surface area contributed by atoms with Gasteiger partial charge in [0.2, 0.25) is 17.7 Å². The molecular formula is C31H40N6O9. The monoisotopic (exact) mass is 640 g/mol. The topological polar surface area (TPSA) is 221 Å². The predicted molar refractivity (Wildman–Crippen MR) is 169 cm³/mol. The molecule has 0 spiro atoms. The summed E-state index contributed by atoms with van der Waals surface area (Å²) in [5.41, 5.74) is 5.93. The van der Waals surface area contributed by atoms with Crippen LogP contribution in [0.25, 0.3) is 0 Å². The van der Waals surface area contributed by atoms with E-state index in [1.807, 2.05) is 0 Å². The number of non-ortho nitro benzene ring substituents is 1. The van der Waals surface area contributed by atoms with Crippen molar-refractivity contribution in [3.05, 3.63) is 76.9 Å². The first kappa shape index (κ1) is 36.7. The van der Waals surface area contributed by atoms with Gasteiger partial charge < -0.3 is 36.5 Å². The van der Waals surface area contributed by atoms with E-state index in [-0.39, 0.29) is 49.3 Å². The Morgan fingerprint density at radius 2 is 1.65 bits per heavy atom. The number of amides is 5. The van der Waals surface area contributed by atoms with Gasteiger partial charge in [-0.1, -0.05) is 32.1 Å². The fourth-order valence-corrected chi connectivity index (χ4v) is 4.05. The van der Waals surface area contributed by atoms with Crippen LogP contribution in [0.1, 0.15) is 51.5 Å². The second-order valence-electron chi connectivity index (χ2n) is 10.5. The number of benzene rings is 2. The first-order valence-electron chi connectivity index (χ1n) is 14.6. The van der Waals surface area contributed by atoms with Crippen LogP contribution in [0.2, 0.25) is 0 Å². The van der Waals surface area contributed by atoms with Crippen molar-refractivity contribution in [1.82, 2.24) is 16.0 Å². The molecule has 0 bridgehead atoms. The molecule has 15 nitrogen and oxygen atoms in total. The van der Waals surface area contributed by atoms with Crippen molar-refractivity contribution < 1.29 is 38.4 Å². The average molecular weight is 641 g/mol. The van der Waals surface area contributed by atoms with Gasteiger partial charge in [0.1, 0.15) is 24.4 Å². The van der Waals surface area contributed by atoms with Crippen LogP contribution in [0.5, 0.6) is 5.75 Å². The lowest BCUT2D eigenvalue weighted by atomic mass is 10.0. The molecule has 0 unspecified atom stereocenters. The number of hydrogen-bond donors (Lipinski definition) is 5. The van der Waals surface area contributed by atoms with Crippen molar-refractivity contribution in [3.8, 4) is 5.75 Å². The number of rotatable bonds is 18. The Labute approximate surface area is 266 Å². The van der Waals surface area contributed by atoms with Gasteiger partial charge in [0.05, 0.1) is 4.92 Å². The highest BCUT2D eigenvalue weighted by molar-refractivity contribution is 5.98. The Kier molecular flexibility index (Phi) is 15.2. The van der Waals surface area contributed by atoms with Crippen LogP contribution in [-0.4, -0.2) is 53.5 Å². The summed E-state index contributed by atoms with van der Waals surface area (Å²) in [7, 11) is 0. The van der Waals surface area contributed by atoms with E-state index in [1.165, 1.54) is 24.3 Å². The van der Waals surface area contributed by atoms with Crippen molar-refractivity contribution in [2.45, 2.75) is 64.6 Å². The second kappa shape index (κ2) is 19.0. The number of nitro benzene ring substituents is 1. The molecule has 248 valence electrons. The molecule has 46 heavy (non-hydrogen) atoms. The van der Waals surface area contributed by atoms with Gasteiger partial charge in [-0.25, -0.2) is 9.59 Å². The average Bonchev–Trinajstić information content (AvgIpc) is 3.01. The minimum atomic E-state index is -1.01. The minimum Gasteiger partial charge on any atom is -0.429 e. The van der Waals surface area contributed by atoms with Gasteiger partial charge in [0.15, 0.2) is 0 Å². The normalized spacial score (nSPS) is 11.8. The number of primary amides is 1. The van der Waals surface area contributed by atoms with Gasteiger partial charge in [0.25, 0.3) is 5.69 Å². The predicted octanol–water partition coefficient (Wildman–Crippen LogP) is 3.68. The van der Waals surface area contributed by atoms with Crippen molar-refractivity contribution in [1.29, 1.82) is 0 Å². The number of carbonyl (C=O) groups excluding carboxylic acids is 5. The zero-order valence-electron chi connectivity index (χ0n) is 25.8. The van der Waals surface area contributed by atoms with Crippen LogP contribution >= 0.6 is 0 Å². The number of allylic oxidation sites excluding steroid dienone is 1. The zero-order chi connectivity index (χ0) is 34.1. The van der Waals surface area contributed by atoms with E-state index < -0.39 is 41.0 Å². The van der Waals surface area contributed by atoms with E-state index in [9.17, 15) is 34.1 Å². The molecule has 0 fully saturated rings. The third kappa shape index (κ3) is 13.4. The van der Waals surface area contributed by atoms with Crippen LogP contribution in [0, 0.1) is 16.0 Å². The molecule has 0 aliphatic rings. The van der Waals surface area contributed by atoms with Crippen molar-refractivity contribution in [2.24, 2.45) is 11.7 Å². The Morgan fingerprint density at radius 3 is 2.24 bits per heavy atom. The van der Waals surface area contributed by atoms with Gasteiger partial charge >= 0.3 is 12.2 Å². The van der Waals surface area contributed by atoms with Crippen molar-refractivity contribution >= 4 is 41.3 Å². The van der Waals surface area contributed by atoms with E-state index in [0.29, 0.717) is 30.5 Å². The molecule has 0 aliphatic heterocycles. The van der Waals surface area contributed by atoms with Crippen LogP contribution in [0.15, 0.2) is 61.2 Å². The summed E-state index contributed by atoms with van der Waals surface area (Å²) >= 11 is 0. The summed E-state index contributed by atoms with van der Waals surface area (Å²) in [6, 6.07) is 8.70. The van der Waals surface area contributed by atoms with Crippen LogP contribution < -0.4 is 31.7 Å². The van der Waals surface area contributed by atoms with Gasteiger partial charge in [-0.15, -0.1) is 6.58 Å². The highest BCUT2D eigenvalue weighted by Crippen LogP contribution is 2.18.